The van der Waals surface area contributed by atoms with Crippen LogP contribution in [0, 0.1) is 11.3 Å². The molecule has 0 saturated heterocycles. The number of nitriles is 1. The Morgan fingerprint density at radius 2 is 2.33 bits per heavy atom. The molecule has 2 N–H and O–H groups in total. The lowest BCUT2D eigenvalue weighted by atomic mass is 10.1. The molecule has 1 unspecified atom stereocenters. The van der Waals surface area contributed by atoms with Gasteiger partial charge in [0, 0.05) is 13.1 Å². The summed E-state index contributed by atoms with van der Waals surface area (Å²) < 4.78 is 4.48. The lowest BCUT2D eigenvalue weighted by Gasteiger charge is -2.20. The first-order valence-corrected chi connectivity index (χ1v) is 5.50. The number of nitrogens with one attached hydrogen (secondary N) is 1. The lowest BCUT2D eigenvalue weighted by Crippen LogP contribution is -2.45. The van der Waals surface area contributed by atoms with Crippen molar-refractivity contribution in [1.29, 1.82) is 5.26 Å². The molecule has 0 heterocycles. The Labute approximate surface area is 106 Å². The van der Waals surface area contributed by atoms with E-state index in [0.717, 1.165) is 5.56 Å². The van der Waals surface area contributed by atoms with Crippen LogP contribution in [0.1, 0.15) is 18.1 Å². The summed E-state index contributed by atoms with van der Waals surface area (Å²) in [6.07, 6.45) is 0. The fraction of sp³-hybridized carbons (Fsp3) is 0.385. The van der Waals surface area contributed by atoms with Gasteiger partial charge in [-0.1, -0.05) is 12.1 Å². The summed E-state index contributed by atoms with van der Waals surface area (Å²) in [5.74, 6) is -0.680. The van der Waals surface area contributed by atoms with Crippen molar-refractivity contribution in [2.24, 2.45) is 0 Å². The summed E-state index contributed by atoms with van der Waals surface area (Å²) >= 11 is 0. The van der Waals surface area contributed by atoms with E-state index in [1.807, 2.05) is 6.07 Å². The van der Waals surface area contributed by atoms with Crippen LogP contribution in [0.2, 0.25) is 0 Å². The Balaban J connectivity index is 2.51. The molecule has 96 valence electrons. The standard InChI is InChI=1S/C13H16N2O3/c1-13(17,12(16)18-2)9-15-8-11-5-3-4-10(6-11)7-14/h3-6,15,17H,8-9H2,1-2H3. The third kappa shape index (κ3) is 3.84. The van der Waals surface area contributed by atoms with Gasteiger partial charge in [-0.3, -0.25) is 0 Å². The number of aliphatic hydroxyl groups is 1. The van der Waals surface area contributed by atoms with E-state index in [1.165, 1.54) is 14.0 Å². The van der Waals surface area contributed by atoms with Gasteiger partial charge in [-0.2, -0.15) is 5.26 Å². The SMILES string of the molecule is COC(=O)C(C)(O)CNCc1cccc(C#N)c1. The first-order valence-electron chi connectivity index (χ1n) is 5.50. The molecule has 1 aromatic rings. The third-order valence-corrected chi connectivity index (χ3v) is 2.48. The average molecular weight is 248 g/mol. The van der Waals surface area contributed by atoms with Crippen molar-refractivity contribution in [3.8, 4) is 6.07 Å². The predicted molar refractivity (Wildman–Crippen MR) is 65.5 cm³/mol. The van der Waals surface area contributed by atoms with Crippen molar-refractivity contribution < 1.29 is 14.6 Å². The Morgan fingerprint density at radius 1 is 1.61 bits per heavy atom. The molecule has 0 aliphatic heterocycles. The molecule has 1 atom stereocenters. The smallest absolute Gasteiger partial charge is 0.338 e. The molecule has 18 heavy (non-hydrogen) atoms. The summed E-state index contributed by atoms with van der Waals surface area (Å²) in [4.78, 5) is 11.2. The van der Waals surface area contributed by atoms with E-state index in [0.29, 0.717) is 12.1 Å². The number of carbonyl (C=O) groups excluding carboxylic acids is 1. The highest BCUT2D eigenvalue weighted by Gasteiger charge is 2.30. The van der Waals surface area contributed by atoms with Crippen molar-refractivity contribution in [3.63, 3.8) is 0 Å². The first kappa shape index (κ1) is 14.2. The van der Waals surface area contributed by atoms with Gasteiger partial charge in [0.15, 0.2) is 5.60 Å². The number of hydrogen-bond donors (Lipinski definition) is 2. The van der Waals surface area contributed by atoms with Crippen LogP contribution in [-0.2, 0) is 16.1 Å². The monoisotopic (exact) mass is 248 g/mol. The van der Waals surface area contributed by atoms with Gasteiger partial charge >= 0.3 is 5.97 Å². The molecule has 1 aromatic carbocycles. The highest BCUT2D eigenvalue weighted by atomic mass is 16.5. The first-order chi connectivity index (χ1) is 8.49. The van der Waals surface area contributed by atoms with Gasteiger partial charge in [0.25, 0.3) is 0 Å². The second-order valence-electron chi connectivity index (χ2n) is 4.18. The van der Waals surface area contributed by atoms with Crippen molar-refractivity contribution >= 4 is 5.97 Å². The number of hydrogen-bond acceptors (Lipinski definition) is 5. The largest absolute Gasteiger partial charge is 0.467 e. The maximum Gasteiger partial charge on any atom is 0.338 e. The molecular formula is C13H16N2O3. The van der Waals surface area contributed by atoms with Crippen LogP contribution in [0.3, 0.4) is 0 Å². The number of methoxy groups -OCH3 is 1. The molecule has 0 aliphatic rings. The van der Waals surface area contributed by atoms with Crippen LogP contribution < -0.4 is 5.32 Å². The second-order valence-corrected chi connectivity index (χ2v) is 4.18. The molecule has 0 aliphatic carbocycles. The van der Waals surface area contributed by atoms with Crippen LogP contribution in [0.5, 0.6) is 0 Å². The minimum absolute atomic E-state index is 0.0798. The number of ether oxygens (including phenoxy) is 1. The summed E-state index contributed by atoms with van der Waals surface area (Å²) in [7, 11) is 1.23. The zero-order valence-corrected chi connectivity index (χ0v) is 10.4. The molecule has 5 heteroatoms. The zero-order valence-electron chi connectivity index (χ0n) is 10.4. The Kier molecular flexibility index (Phi) is 4.84. The van der Waals surface area contributed by atoms with Gasteiger partial charge in [0.2, 0.25) is 0 Å². The van der Waals surface area contributed by atoms with Gasteiger partial charge < -0.3 is 15.2 Å². The highest BCUT2D eigenvalue weighted by molar-refractivity contribution is 5.78. The molecule has 0 saturated carbocycles. The van der Waals surface area contributed by atoms with Crippen LogP contribution in [0.4, 0.5) is 0 Å². The Hall–Kier alpha value is -1.90. The summed E-state index contributed by atoms with van der Waals surface area (Å²) in [5.41, 5.74) is -0.0644. The van der Waals surface area contributed by atoms with Crippen molar-refractivity contribution in [2.75, 3.05) is 13.7 Å². The number of carbonyl (C=O) groups is 1. The van der Waals surface area contributed by atoms with E-state index in [2.05, 4.69) is 16.1 Å². The Bertz CT molecular complexity index is 464. The van der Waals surface area contributed by atoms with Crippen molar-refractivity contribution in [3.05, 3.63) is 35.4 Å². The Morgan fingerprint density at radius 3 is 2.94 bits per heavy atom. The fourth-order valence-electron chi connectivity index (χ4n) is 1.49. The maximum atomic E-state index is 11.2. The molecule has 5 nitrogen and oxygen atoms in total. The van der Waals surface area contributed by atoms with Crippen LogP contribution in [0.15, 0.2) is 24.3 Å². The molecule has 0 bridgehead atoms. The normalized spacial score (nSPS) is 13.4. The molecule has 1 rings (SSSR count). The van der Waals surface area contributed by atoms with Crippen LogP contribution in [0.25, 0.3) is 0 Å². The number of nitrogens with zero attached hydrogens (tertiary/aromatic N) is 1. The van der Waals surface area contributed by atoms with Gasteiger partial charge in [0.05, 0.1) is 18.7 Å². The van der Waals surface area contributed by atoms with E-state index in [9.17, 15) is 9.90 Å². The van der Waals surface area contributed by atoms with E-state index < -0.39 is 11.6 Å². The molecule has 0 spiro atoms. The van der Waals surface area contributed by atoms with E-state index in [-0.39, 0.29) is 6.54 Å². The predicted octanol–water partition coefficient (Wildman–Crippen LogP) is 0.572. The van der Waals surface area contributed by atoms with E-state index in [1.54, 1.807) is 18.2 Å². The van der Waals surface area contributed by atoms with Gasteiger partial charge in [-0.15, -0.1) is 0 Å². The number of rotatable bonds is 5. The second kappa shape index (κ2) is 6.15. The summed E-state index contributed by atoms with van der Waals surface area (Å²) in [6, 6.07) is 9.16. The molecule has 0 amide bonds. The van der Waals surface area contributed by atoms with Crippen LogP contribution >= 0.6 is 0 Å². The fourth-order valence-corrected chi connectivity index (χ4v) is 1.49. The van der Waals surface area contributed by atoms with Gasteiger partial charge in [-0.25, -0.2) is 4.79 Å². The van der Waals surface area contributed by atoms with Crippen LogP contribution in [-0.4, -0.2) is 30.3 Å². The third-order valence-electron chi connectivity index (χ3n) is 2.48. The highest BCUT2D eigenvalue weighted by Crippen LogP contribution is 2.06. The molecule has 0 fully saturated rings. The minimum Gasteiger partial charge on any atom is -0.467 e. The molecule has 0 radical (unpaired) electrons. The van der Waals surface area contributed by atoms with E-state index in [4.69, 9.17) is 5.26 Å². The average Bonchev–Trinajstić information content (AvgIpc) is 2.37. The van der Waals surface area contributed by atoms with Gasteiger partial charge in [-0.05, 0) is 24.6 Å². The number of benzene rings is 1. The summed E-state index contributed by atoms with van der Waals surface area (Å²) in [6.45, 7) is 1.93. The summed E-state index contributed by atoms with van der Waals surface area (Å²) in [5, 5.41) is 21.5. The van der Waals surface area contributed by atoms with E-state index >= 15 is 0 Å². The zero-order chi connectivity index (χ0) is 13.6. The van der Waals surface area contributed by atoms with Crippen molar-refractivity contribution in [1.82, 2.24) is 5.32 Å². The van der Waals surface area contributed by atoms with Crippen molar-refractivity contribution in [2.45, 2.75) is 19.1 Å². The minimum atomic E-state index is -1.55. The molecular weight excluding hydrogens is 232 g/mol. The number of esters is 1. The maximum absolute atomic E-state index is 11.2. The molecule has 0 aromatic heterocycles. The quantitative estimate of drug-likeness (QED) is 0.744. The lowest BCUT2D eigenvalue weighted by molar-refractivity contribution is -0.159. The topological polar surface area (TPSA) is 82.3 Å². The van der Waals surface area contributed by atoms with Gasteiger partial charge in [0.1, 0.15) is 0 Å².